The van der Waals surface area contributed by atoms with E-state index >= 15 is 0 Å². The molecule has 8 heteroatoms. The first-order chi connectivity index (χ1) is 7.64. The molecule has 0 aliphatic rings. The van der Waals surface area contributed by atoms with Crippen LogP contribution in [0.15, 0.2) is 12.1 Å². The molecule has 0 spiro atoms. The third-order valence-electron chi connectivity index (χ3n) is 1.97. The van der Waals surface area contributed by atoms with Crippen molar-refractivity contribution in [2.24, 2.45) is 0 Å². The second-order valence-corrected chi connectivity index (χ2v) is 3.16. The van der Waals surface area contributed by atoms with Gasteiger partial charge in [-0.2, -0.15) is 17.6 Å². The lowest BCUT2D eigenvalue weighted by atomic mass is 10.0. The minimum absolute atomic E-state index is 0.0468. The van der Waals surface area contributed by atoms with Gasteiger partial charge in [-0.3, -0.25) is 14.9 Å². The van der Waals surface area contributed by atoms with Crippen molar-refractivity contribution in [2.45, 2.75) is 13.1 Å². The van der Waals surface area contributed by atoms with E-state index in [0.29, 0.717) is 6.07 Å². The minimum Gasteiger partial charge on any atom is -0.294 e. The number of alkyl halides is 3. The van der Waals surface area contributed by atoms with Crippen LogP contribution in [0.4, 0.5) is 23.2 Å². The Balaban J connectivity index is 3.58. The molecule has 0 N–H and O–H groups in total. The van der Waals surface area contributed by atoms with Crippen LogP contribution in [0.1, 0.15) is 22.8 Å². The van der Waals surface area contributed by atoms with Crippen LogP contribution in [0.2, 0.25) is 0 Å². The maximum atomic E-state index is 13.0. The smallest absolute Gasteiger partial charge is 0.294 e. The predicted molar refractivity (Wildman–Crippen MR) is 48.1 cm³/mol. The van der Waals surface area contributed by atoms with Gasteiger partial charge in [0.1, 0.15) is 0 Å². The Labute approximate surface area is 92.0 Å². The molecule has 0 aromatic heterocycles. The molecule has 4 nitrogen and oxygen atoms in total. The van der Waals surface area contributed by atoms with Gasteiger partial charge in [0, 0.05) is 11.6 Å². The monoisotopic (exact) mass is 251 g/mol. The molecule has 1 rings (SSSR count). The summed E-state index contributed by atoms with van der Waals surface area (Å²) in [5, 5.41) is 10.3. The normalized spacial score (nSPS) is 11.4. The second-order valence-electron chi connectivity index (χ2n) is 3.16. The molecule has 0 aliphatic carbocycles. The lowest BCUT2D eigenvalue weighted by Crippen LogP contribution is -2.13. The summed E-state index contributed by atoms with van der Waals surface area (Å²) in [4.78, 5) is 20.1. The number of hydrogen-bond donors (Lipinski definition) is 0. The zero-order valence-electron chi connectivity index (χ0n) is 8.34. The molecule has 0 fully saturated rings. The van der Waals surface area contributed by atoms with Crippen molar-refractivity contribution in [3.8, 4) is 0 Å². The van der Waals surface area contributed by atoms with E-state index < -0.39 is 39.5 Å². The van der Waals surface area contributed by atoms with Crippen LogP contribution in [0.25, 0.3) is 0 Å². The predicted octanol–water partition coefficient (Wildman–Crippen LogP) is 2.96. The minimum atomic E-state index is -4.95. The topological polar surface area (TPSA) is 60.2 Å². The zero-order valence-corrected chi connectivity index (χ0v) is 8.34. The number of carbonyl (C=O) groups is 1. The summed E-state index contributed by atoms with van der Waals surface area (Å²) >= 11 is 0. The molecular formula is C9H5F4NO3. The van der Waals surface area contributed by atoms with Gasteiger partial charge in [-0.15, -0.1) is 0 Å². The Bertz CT molecular complexity index is 496. The summed E-state index contributed by atoms with van der Waals surface area (Å²) in [6, 6.07) is 0.245. The van der Waals surface area contributed by atoms with Crippen LogP contribution in [-0.4, -0.2) is 10.7 Å². The average Bonchev–Trinajstić information content (AvgIpc) is 2.14. The molecular weight excluding hydrogens is 246 g/mol. The Morgan fingerprint density at radius 2 is 1.88 bits per heavy atom. The molecule has 0 aliphatic heterocycles. The van der Waals surface area contributed by atoms with E-state index in [1.165, 1.54) is 0 Å². The average molecular weight is 251 g/mol. The molecule has 0 radical (unpaired) electrons. The molecule has 0 heterocycles. The van der Waals surface area contributed by atoms with Gasteiger partial charge in [0.05, 0.1) is 10.5 Å². The van der Waals surface area contributed by atoms with E-state index in [1.54, 1.807) is 0 Å². The van der Waals surface area contributed by atoms with Crippen LogP contribution in [0, 0.1) is 15.9 Å². The maximum absolute atomic E-state index is 13.0. The van der Waals surface area contributed by atoms with Gasteiger partial charge in [0.2, 0.25) is 5.82 Å². The fraction of sp³-hybridized carbons (Fsp3) is 0.222. The number of carbonyl (C=O) groups excluding carboxylic acids is 1. The molecule has 0 bridgehead atoms. The zero-order chi connectivity index (χ0) is 13.4. The quantitative estimate of drug-likeness (QED) is 0.351. The number of nitro benzene ring substituents is 1. The number of ketones is 1. The largest absolute Gasteiger partial charge is 0.417 e. The van der Waals surface area contributed by atoms with E-state index in [1.807, 2.05) is 0 Å². The van der Waals surface area contributed by atoms with E-state index in [4.69, 9.17) is 0 Å². The molecule has 1 aromatic rings. The van der Waals surface area contributed by atoms with E-state index in [-0.39, 0.29) is 6.07 Å². The standard InChI is InChI=1S/C9H5F4NO3/c1-4(15)5-2-8(14(16)17)7(10)3-6(5)9(11,12)13/h2-3H,1H3. The highest BCUT2D eigenvalue weighted by molar-refractivity contribution is 5.96. The molecule has 0 saturated carbocycles. The summed E-state index contributed by atoms with van der Waals surface area (Å²) < 4.78 is 50.3. The van der Waals surface area contributed by atoms with Gasteiger partial charge in [0.15, 0.2) is 5.78 Å². The lowest BCUT2D eigenvalue weighted by Gasteiger charge is -2.10. The summed E-state index contributed by atoms with van der Waals surface area (Å²) in [7, 11) is 0. The first kappa shape index (κ1) is 13.1. The van der Waals surface area contributed by atoms with Crippen molar-refractivity contribution in [1.29, 1.82) is 0 Å². The van der Waals surface area contributed by atoms with Crippen molar-refractivity contribution in [2.75, 3.05) is 0 Å². The maximum Gasteiger partial charge on any atom is 0.417 e. The number of rotatable bonds is 2. The Kier molecular flexibility index (Phi) is 3.16. The van der Waals surface area contributed by atoms with Gasteiger partial charge in [0.25, 0.3) is 0 Å². The summed E-state index contributed by atoms with van der Waals surface area (Å²) in [5.74, 6) is -2.66. The number of hydrogen-bond acceptors (Lipinski definition) is 3. The first-order valence-corrected chi connectivity index (χ1v) is 4.20. The van der Waals surface area contributed by atoms with Gasteiger partial charge in [-0.1, -0.05) is 0 Å². The fourth-order valence-electron chi connectivity index (χ4n) is 1.23. The van der Waals surface area contributed by atoms with Crippen molar-refractivity contribution < 1.29 is 27.3 Å². The molecule has 1 aromatic carbocycles. The van der Waals surface area contributed by atoms with E-state index in [2.05, 4.69) is 0 Å². The molecule has 17 heavy (non-hydrogen) atoms. The van der Waals surface area contributed by atoms with Crippen LogP contribution in [0.5, 0.6) is 0 Å². The van der Waals surface area contributed by atoms with E-state index in [9.17, 15) is 32.5 Å². The van der Waals surface area contributed by atoms with Gasteiger partial charge in [-0.05, 0) is 13.0 Å². The van der Waals surface area contributed by atoms with Gasteiger partial charge >= 0.3 is 11.9 Å². The first-order valence-electron chi connectivity index (χ1n) is 4.20. The number of nitro groups is 1. The van der Waals surface area contributed by atoms with Crippen LogP contribution in [-0.2, 0) is 6.18 Å². The van der Waals surface area contributed by atoms with Gasteiger partial charge < -0.3 is 0 Å². The second kappa shape index (κ2) is 4.11. The van der Waals surface area contributed by atoms with Gasteiger partial charge in [-0.25, -0.2) is 0 Å². The number of nitrogens with zero attached hydrogens (tertiary/aromatic N) is 1. The summed E-state index contributed by atoms with van der Waals surface area (Å²) in [6.07, 6.45) is -4.95. The summed E-state index contributed by atoms with van der Waals surface area (Å²) in [6.45, 7) is 0.812. The number of benzene rings is 1. The third kappa shape index (κ3) is 2.58. The SMILES string of the molecule is CC(=O)c1cc([N+](=O)[O-])c(F)cc1C(F)(F)F. The molecule has 92 valence electrons. The number of Topliss-reactive ketones (excluding diaryl/α,β-unsaturated/α-hetero) is 1. The van der Waals surface area contributed by atoms with E-state index in [0.717, 1.165) is 6.92 Å². The summed E-state index contributed by atoms with van der Waals surface area (Å²) in [5.41, 5.74) is -3.61. The van der Waals surface area contributed by atoms with Crippen LogP contribution >= 0.6 is 0 Å². The van der Waals surface area contributed by atoms with Crippen LogP contribution in [0.3, 0.4) is 0 Å². The Morgan fingerprint density at radius 3 is 2.24 bits per heavy atom. The highest BCUT2D eigenvalue weighted by Gasteiger charge is 2.37. The molecule has 0 saturated heterocycles. The molecule has 0 atom stereocenters. The van der Waals surface area contributed by atoms with Crippen molar-refractivity contribution >= 4 is 11.5 Å². The highest BCUT2D eigenvalue weighted by Crippen LogP contribution is 2.35. The number of halogens is 4. The van der Waals surface area contributed by atoms with Crippen molar-refractivity contribution in [1.82, 2.24) is 0 Å². The lowest BCUT2D eigenvalue weighted by molar-refractivity contribution is -0.387. The van der Waals surface area contributed by atoms with Crippen molar-refractivity contribution in [3.63, 3.8) is 0 Å². The van der Waals surface area contributed by atoms with Crippen LogP contribution < -0.4 is 0 Å². The molecule has 0 unspecified atom stereocenters. The third-order valence-corrected chi connectivity index (χ3v) is 1.97. The highest BCUT2D eigenvalue weighted by atomic mass is 19.4. The Hall–Kier alpha value is -1.99. The fourth-order valence-corrected chi connectivity index (χ4v) is 1.23. The Morgan fingerprint density at radius 1 is 1.35 bits per heavy atom. The van der Waals surface area contributed by atoms with Crippen molar-refractivity contribution in [3.05, 3.63) is 39.2 Å². The molecule has 0 amide bonds.